The van der Waals surface area contributed by atoms with E-state index in [2.05, 4.69) is 51.6 Å². The second kappa shape index (κ2) is 35.7. The summed E-state index contributed by atoms with van der Waals surface area (Å²) in [6.07, 6.45) is 31.7. The number of esters is 2. The predicted molar refractivity (Wildman–Crippen MR) is 207 cm³/mol. The van der Waals surface area contributed by atoms with Crippen LogP contribution in [0, 0.1) is 0 Å². The molecule has 0 aromatic heterocycles. The van der Waals surface area contributed by atoms with Crippen molar-refractivity contribution >= 4 is 11.9 Å². The highest BCUT2D eigenvalue weighted by Gasteiger charge is 2.15. The van der Waals surface area contributed by atoms with Crippen molar-refractivity contribution in [2.75, 3.05) is 40.3 Å². The van der Waals surface area contributed by atoms with Gasteiger partial charge in [-0.15, -0.1) is 0 Å². The van der Waals surface area contributed by atoms with Gasteiger partial charge in [-0.1, -0.05) is 130 Å². The Kier molecular flexibility index (Phi) is 34.8. The van der Waals surface area contributed by atoms with Crippen molar-refractivity contribution < 1.29 is 19.1 Å². The maximum absolute atomic E-state index is 12.4. The lowest BCUT2D eigenvalue weighted by atomic mass is 10.0. The molecule has 0 bridgehead atoms. The third-order valence-corrected chi connectivity index (χ3v) is 9.65. The Labute approximate surface area is 300 Å². The lowest BCUT2D eigenvalue weighted by Gasteiger charge is -2.24. The van der Waals surface area contributed by atoms with Gasteiger partial charge in [-0.3, -0.25) is 9.59 Å². The standard InChI is InChI=1S/C42H84N2O4/c1-7-11-13-17-23-31-39(29-9-3)47-41(45)33-25-19-15-21-27-35-44(38-37-43(5)6)36-28-22-16-20-26-34-42(46)48-40(30-10-4)32-24-18-14-12-8-2/h39-40H,7-38H2,1-6H3. The van der Waals surface area contributed by atoms with E-state index in [-0.39, 0.29) is 24.1 Å². The van der Waals surface area contributed by atoms with Crippen LogP contribution in [0.25, 0.3) is 0 Å². The lowest BCUT2D eigenvalue weighted by molar-refractivity contribution is -0.151. The van der Waals surface area contributed by atoms with E-state index in [0.29, 0.717) is 12.8 Å². The fourth-order valence-electron chi connectivity index (χ4n) is 6.56. The van der Waals surface area contributed by atoms with E-state index in [1.165, 1.54) is 103 Å². The molecule has 0 fully saturated rings. The molecular formula is C42H84N2O4. The number of rotatable bonds is 37. The number of likely N-dealkylation sites (N-methyl/N-ethyl adjacent to an activating group) is 1. The van der Waals surface area contributed by atoms with Gasteiger partial charge in [0.2, 0.25) is 0 Å². The number of unbranched alkanes of at least 4 members (excludes halogenated alkanes) is 16. The van der Waals surface area contributed by atoms with E-state index < -0.39 is 0 Å². The molecule has 0 N–H and O–H groups in total. The smallest absolute Gasteiger partial charge is 0.306 e. The number of nitrogens with zero attached hydrogens (tertiary/aromatic N) is 2. The molecule has 0 aliphatic rings. The number of carbonyl (C=O) groups excluding carboxylic acids is 2. The molecule has 0 rings (SSSR count). The first-order chi connectivity index (χ1) is 23.4. The van der Waals surface area contributed by atoms with Crippen LogP contribution in [0.1, 0.15) is 207 Å². The number of hydrogen-bond acceptors (Lipinski definition) is 6. The van der Waals surface area contributed by atoms with Gasteiger partial charge in [-0.05, 0) is 91.4 Å². The number of hydrogen-bond donors (Lipinski definition) is 0. The summed E-state index contributed by atoms with van der Waals surface area (Å²) in [5, 5.41) is 0. The summed E-state index contributed by atoms with van der Waals surface area (Å²) < 4.78 is 11.7. The minimum atomic E-state index is 0.0147. The molecule has 6 heteroatoms. The minimum Gasteiger partial charge on any atom is -0.462 e. The van der Waals surface area contributed by atoms with Crippen LogP contribution in [0.2, 0.25) is 0 Å². The molecule has 0 aliphatic heterocycles. The average Bonchev–Trinajstić information content (AvgIpc) is 3.05. The van der Waals surface area contributed by atoms with Crippen molar-refractivity contribution in [3.63, 3.8) is 0 Å². The van der Waals surface area contributed by atoms with Gasteiger partial charge in [0, 0.05) is 25.9 Å². The average molecular weight is 681 g/mol. The van der Waals surface area contributed by atoms with Crippen molar-refractivity contribution in [3.8, 4) is 0 Å². The zero-order chi connectivity index (χ0) is 35.5. The number of carbonyl (C=O) groups is 2. The van der Waals surface area contributed by atoms with Crippen molar-refractivity contribution in [2.24, 2.45) is 0 Å². The number of ether oxygens (including phenoxy) is 2. The van der Waals surface area contributed by atoms with E-state index in [0.717, 1.165) is 90.4 Å². The largest absolute Gasteiger partial charge is 0.462 e. The molecule has 6 nitrogen and oxygen atoms in total. The maximum atomic E-state index is 12.4. The van der Waals surface area contributed by atoms with Gasteiger partial charge in [0.05, 0.1) is 0 Å². The van der Waals surface area contributed by atoms with Crippen LogP contribution in [-0.4, -0.2) is 74.2 Å². The highest BCUT2D eigenvalue weighted by molar-refractivity contribution is 5.69. The summed E-state index contributed by atoms with van der Waals surface area (Å²) in [6.45, 7) is 13.4. The summed E-state index contributed by atoms with van der Waals surface area (Å²) in [7, 11) is 4.31. The first kappa shape index (κ1) is 46.9. The van der Waals surface area contributed by atoms with Crippen molar-refractivity contribution in [3.05, 3.63) is 0 Å². The Hall–Kier alpha value is -1.14. The zero-order valence-corrected chi connectivity index (χ0v) is 33.3. The topological polar surface area (TPSA) is 59.1 Å². The third-order valence-electron chi connectivity index (χ3n) is 9.65. The Morgan fingerprint density at radius 2 is 0.792 bits per heavy atom. The summed E-state index contributed by atoms with van der Waals surface area (Å²) in [4.78, 5) is 29.8. The molecule has 0 aliphatic carbocycles. The first-order valence-electron chi connectivity index (χ1n) is 21.1. The second-order valence-electron chi connectivity index (χ2n) is 14.9. The molecule has 0 saturated heterocycles. The van der Waals surface area contributed by atoms with Crippen molar-refractivity contribution in [1.29, 1.82) is 0 Å². The molecular weight excluding hydrogens is 596 g/mol. The zero-order valence-electron chi connectivity index (χ0n) is 33.3. The molecule has 2 unspecified atom stereocenters. The van der Waals surface area contributed by atoms with Gasteiger partial charge in [0.1, 0.15) is 12.2 Å². The van der Waals surface area contributed by atoms with Crippen molar-refractivity contribution in [1.82, 2.24) is 9.80 Å². The summed E-state index contributed by atoms with van der Waals surface area (Å²) >= 11 is 0. The molecule has 0 aromatic rings. The van der Waals surface area contributed by atoms with Crippen LogP contribution < -0.4 is 0 Å². The summed E-state index contributed by atoms with van der Waals surface area (Å²) in [5.41, 5.74) is 0. The Morgan fingerprint density at radius 3 is 1.19 bits per heavy atom. The van der Waals surface area contributed by atoms with Crippen LogP contribution in [-0.2, 0) is 19.1 Å². The van der Waals surface area contributed by atoms with Crippen LogP contribution in [0.5, 0.6) is 0 Å². The van der Waals surface area contributed by atoms with Crippen LogP contribution >= 0.6 is 0 Å². The second-order valence-corrected chi connectivity index (χ2v) is 14.9. The molecule has 2 atom stereocenters. The van der Waals surface area contributed by atoms with E-state index in [9.17, 15) is 9.59 Å². The van der Waals surface area contributed by atoms with Gasteiger partial charge in [0.15, 0.2) is 0 Å². The molecule has 286 valence electrons. The van der Waals surface area contributed by atoms with Gasteiger partial charge in [-0.25, -0.2) is 0 Å². The van der Waals surface area contributed by atoms with Gasteiger partial charge < -0.3 is 19.3 Å². The van der Waals surface area contributed by atoms with Crippen LogP contribution in [0.15, 0.2) is 0 Å². The monoisotopic (exact) mass is 681 g/mol. The Balaban J connectivity index is 4.09. The first-order valence-corrected chi connectivity index (χ1v) is 21.1. The minimum absolute atomic E-state index is 0.0147. The maximum Gasteiger partial charge on any atom is 0.306 e. The van der Waals surface area contributed by atoms with E-state index >= 15 is 0 Å². The van der Waals surface area contributed by atoms with Crippen LogP contribution in [0.4, 0.5) is 0 Å². The highest BCUT2D eigenvalue weighted by Crippen LogP contribution is 2.17. The van der Waals surface area contributed by atoms with E-state index in [4.69, 9.17) is 9.47 Å². The third kappa shape index (κ3) is 32.1. The van der Waals surface area contributed by atoms with Crippen LogP contribution in [0.3, 0.4) is 0 Å². The molecule has 48 heavy (non-hydrogen) atoms. The predicted octanol–water partition coefficient (Wildman–Crippen LogP) is 11.7. The normalized spacial score (nSPS) is 12.9. The molecule has 0 spiro atoms. The Bertz CT molecular complexity index is 649. The molecule has 0 saturated carbocycles. The van der Waals surface area contributed by atoms with Crippen molar-refractivity contribution in [2.45, 2.75) is 220 Å². The summed E-state index contributed by atoms with van der Waals surface area (Å²) in [5.74, 6) is 0.0295. The van der Waals surface area contributed by atoms with Gasteiger partial charge in [-0.2, -0.15) is 0 Å². The molecule has 0 amide bonds. The van der Waals surface area contributed by atoms with E-state index in [1.807, 2.05) is 0 Å². The fraction of sp³-hybridized carbons (Fsp3) is 0.952. The molecule has 0 radical (unpaired) electrons. The quantitative estimate of drug-likeness (QED) is 0.0481. The summed E-state index contributed by atoms with van der Waals surface area (Å²) in [6, 6.07) is 0. The highest BCUT2D eigenvalue weighted by atomic mass is 16.5. The SMILES string of the molecule is CCCCCCCC(CCC)OC(=O)CCCCCCCN(CCCCCCCC(=O)OC(CCC)CCCCCCC)CCN(C)C. The lowest BCUT2D eigenvalue weighted by Crippen LogP contribution is -2.33. The Morgan fingerprint density at radius 1 is 0.417 bits per heavy atom. The van der Waals surface area contributed by atoms with E-state index in [1.54, 1.807) is 0 Å². The van der Waals surface area contributed by atoms with Gasteiger partial charge >= 0.3 is 11.9 Å². The molecule has 0 heterocycles. The molecule has 0 aromatic carbocycles. The van der Waals surface area contributed by atoms with Gasteiger partial charge in [0.25, 0.3) is 0 Å². The fourth-order valence-corrected chi connectivity index (χ4v) is 6.56.